The van der Waals surface area contributed by atoms with Crippen LogP contribution in [-0.2, 0) is 0 Å². The molecule has 0 spiro atoms. The van der Waals surface area contributed by atoms with E-state index in [0.717, 1.165) is 55.6 Å². The van der Waals surface area contributed by atoms with Crippen LogP contribution in [0, 0.1) is 0 Å². The standard InChI is InChI=1S/C40H27NO/c1-4-13-27(14-5-1)30-23-24-36(34(25-30)28-15-6-2-7-16-28)41-37-22-12-21-33-38-32-20-11-10-19-31(32)26-35(40(38)42-39(33)37)29-17-8-3-9-18-29/h1-26,41H. The molecule has 198 valence electrons. The Kier molecular flexibility index (Phi) is 5.82. The summed E-state index contributed by atoms with van der Waals surface area (Å²) in [4.78, 5) is 0. The summed E-state index contributed by atoms with van der Waals surface area (Å²) in [5.41, 5.74) is 10.7. The highest BCUT2D eigenvalue weighted by atomic mass is 16.3. The fourth-order valence-electron chi connectivity index (χ4n) is 6.04. The van der Waals surface area contributed by atoms with Crippen molar-refractivity contribution in [2.45, 2.75) is 0 Å². The van der Waals surface area contributed by atoms with Gasteiger partial charge in [0.05, 0.1) is 5.69 Å². The summed E-state index contributed by atoms with van der Waals surface area (Å²) in [6.07, 6.45) is 0. The molecule has 8 aromatic rings. The van der Waals surface area contributed by atoms with Crippen LogP contribution < -0.4 is 5.32 Å². The van der Waals surface area contributed by atoms with Crippen LogP contribution in [-0.4, -0.2) is 0 Å². The Bertz CT molecular complexity index is 2200. The highest BCUT2D eigenvalue weighted by Crippen LogP contribution is 2.44. The lowest BCUT2D eigenvalue weighted by molar-refractivity contribution is 0.671. The first-order valence-electron chi connectivity index (χ1n) is 14.3. The molecule has 8 rings (SSSR count). The fraction of sp³-hybridized carbons (Fsp3) is 0. The Morgan fingerprint density at radius 2 is 1.00 bits per heavy atom. The zero-order valence-electron chi connectivity index (χ0n) is 22.9. The second kappa shape index (κ2) is 10.1. The van der Waals surface area contributed by atoms with Crippen LogP contribution >= 0.6 is 0 Å². The molecule has 0 aliphatic rings. The molecule has 0 amide bonds. The van der Waals surface area contributed by atoms with Gasteiger partial charge in [-0.25, -0.2) is 0 Å². The SMILES string of the molecule is c1ccc(-c2ccc(Nc3cccc4c3oc3c(-c5ccccc5)cc5ccccc5c34)c(-c3ccccc3)c2)cc1. The van der Waals surface area contributed by atoms with Crippen molar-refractivity contribution in [3.05, 3.63) is 158 Å². The lowest BCUT2D eigenvalue weighted by atomic mass is 9.96. The van der Waals surface area contributed by atoms with Gasteiger partial charge in [-0.2, -0.15) is 0 Å². The van der Waals surface area contributed by atoms with Gasteiger partial charge in [-0.3, -0.25) is 0 Å². The Morgan fingerprint density at radius 1 is 0.381 bits per heavy atom. The molecule has 0 atom stereocenters. The van der Waals surface area contributed by atoms with E-state index < -0.39 is 0 Å². The molecule has 2 nitrogen and oxygen atoms in total. The Labute approximate surface area is 244 Å². The van der Waals surface area contributed by atoms with E-state index in [2.05, 4.69) is 163 Å². The van der Waals surface area contributed by atoms with E-state index in [4.69, 9.17) is 4.42 Å². The van der Waals surface area contributed by atoms with E-state index in [0.29, 0.717) is 0 Å². The first-order valence-corrected chi connectivity index (χ1v) is 14.3. The van der Waals surface area contributed by atoms with Gasteiger partial charge < -0.3 is 9.73 Å². The average Bonchev–Trinajstić information content (AvgIpc) is 3.47. The third-order valence-electron chi connectivity index (χ3n) is 8.06. The van der Waals surface area contributed by atoms with Gasteiger partial charge in [-0.1, -0.05) is 133 Å². The summed E-state index contributed by atoms with van der Waals surface area (Å²) in [7, 11) is 0. The van der Waals surface area contributed by atoms with Gasteiger partial charge in [-0.15, -0.1) is 0 Å². The lowest BCUT2D eigenvalue weighted by Gasteiger charge is -2.15. The third-order valence-corrected chi connectivity index (χ3v) is 8.06. The normalized spacial score (nSPS) is 11.3. The van der Waals surface area contributed by atoms with Gasteiger partial charge >= 0.3 is 0 Å². The van der Waals surface area contributed by atoms with E-state index in [1.165, 1.54) is 21.9 Å². The van der Waals surface area contributed by atoms with Crippen molar-refractivity contribution in [1.82, 2.24) is 0 Å². The van der Waals surface area contributed by atoms with Crippen molar-refractivity contribution in [3.63, 3.8) is 0 Å². The predicted molar refractivity (Wildman–Crippen MR) is 177 cm³/mol. The van der Waals surface area contributed by atoms with E-state index in [1.807, 2.05) is 0 Å². The molecule has 0 saturated carbocycles. The third kappa shape index (κ3) is 4.13. The molecule has 0 radical (unpaired) electrons. The predicted octanol–water partition coefficient (Wildman–Crippen LogP) is 11.5. The van der Waals surface area contributed by atoms with E-state index in [9.17, 15) is 0 Å². The van der Waals surface area contributed by atoms with Gasteiger partial charge in [0.25, 0.3) is 0 Å². The van der Waals surface area contributed by atoms with Crippen molar-refractivity contribution in [2.75, 3.05) is 5.32 Å². The number of rotatable bonds is 5. The highest BCUT2D eigenvalue weighted by Gasteiger charge is 2.19. The molecule has 42 heavy (non-hydrogen) atoms. The molecular weight excluding hydrogens is 510 g/mol. The van der Waals surface area contributed by atoms with Crippen molar-refractivity contribution < 1.29 is 4.42 Å². The second-order valence-corrected chi connectivity index (χ2v) is 10.6. The first-order chi connectivity index (χ1) is 20.8. The molecule has 1 N–H and O–H groups in total. The maximum absolute atomic E-state index is 6.83. The zero-order valence-corrected chi connectivity index (χ0v) is 22.9. The minimum atomic E-state index is 0.854. The molecule has 0 saturated heterocycles. The van der Waals surface area contributed by atoms with E-state index in [-0.39, 0.29) is 0 Å². The lowest BCUT2D eigenvalue weighted by Crippen LogP contribution is -1.94. The molecule has 0 aliphatic carbocycles. The topological polar surface area (TPSA) is 25.2 Å². The number of furan rings is 1. The van der Waals surface area contributed by atoms with Crippen molar-refractivity contribution in [2.24, 2.45) is 0 Å². The Balaban J connectivity index is 1.34. The van der Waals surface area contributed by atoms with Crippen LogP contribution in [0.1, 0.15) is 0 Å². The van der Waals surface area contributed by atoms with Crippen LogP contribution in [0.5, 0.6) is 0 Å². The number of hydrogen-bond donors (Lipinski definition) is 1. The van der Waals surface area contributed by atoms with Crippen LogP contribution in [0.3, 0.4) is 0 Å². The van der Waals surface area contributed by atoms with Crippen LogP contribution in [0.2, 0.25) is 0 Å². The van der Waals surface area contributed by atoms with Crippen molar-refractivity contribution in [3.8, 4) is 33.4 Å². The second-order valence-electron chi connectivity index (χ2n) is 10.6. The van der Waals surface area contributed by atoms with Crippen LogP contribution in [0.25, 0.3) is 66.1 Å². The number of anilines is 2. The Hall–Kier alpha value is -5.60. The number of hydrogen-bond acceptors (Lipinski definition) is 2. The average molecular weight is 538 g/mol. The van der Waals surface area contributed by atoms with E-state index in [1.54, 1.807) is 0 Å². The Morgan fingerprint density at radius 3 is 1.74 bits per heavy atom. The maximum Gasteiger partial charge on any atom is 0.158 e. The van der Waals surface area contributed by atoms with Gasteiger partial charge in [0, 0.05) is 27.6 Å². The minimum absolute atomic E-state index is 0.854. The van der Waals surface area contributed by atoms with Gasteiger partial charge in [0.15, 0.2) is 5.58 Å². The summed E-state index contributed by atoms with van der Waals surface area (Å²) >= 11 is 0. The smallest absolute Gasteiger partial charge is 0.158 e. The van der Waals surface area contributed by atoms with Gasteiger partial charge in [0.2, 0.25) is 0 Å². The summed E-state index contributed by atoms with van der Waals surface area (Å²) in [6.45, 7) is 0. The largest absolute Gasteiger partial charge is 0.453 e. The van der Waals surface area contributed by atoms with Gasteiger partial charge in [0.1, 0.15) is 5.58 Å². The van der Waals surface area contributed by atoms with Crippen LogP contribution in [0.4, 0.5) is 11.4 Å². The van der Waals surface area contributed by atoms with Crippen LogP contribution in [0.15, 0.2) is 162 Å². The summed E-state index contributed by atoms with van der Waals surface area (Å²) in [6, 6.07) is 55.4. The summed E-state index contributed by atoms with van der Waals surface area (Å²) < 4.78 is 6.83. The fourth-order valence-corrected chi connectivity index (χ4v) is 6.04. The molecule has 0 fully saturated rings. The molecule has 0 bridgehead atoms. The first kappa shape index (κ1) is 24.2. The highest BCUT2D eigenvalue weighted by molar-refractivity contribution is 6.24. The van der Waals surface area contributed by atoms with Gasteiger partial charge in [-0.05, 0) is 57.3 Å². The quantitative estimate of drug-likeness (QED) is 0.236. The molecule has 1 aromatic heterocycles. The molecule has 7 aromatic carbocycles. The number of nitrogens with one attached hydrogen (secondary N) is 1. The number of para-hydroxylation sites is 1. The zero-order chi connectivity index (χ0) is 27.9. The van der Waals surface area contributed by atoms with Crippen molar-refractivity contribution in [1.29, 1.82) is 0 Å². The van der Waals surface area contributed by atoms with Crippen molar-refractivity contribution >= 4 is 44.1 Å². The molecule has 2 heteroatoms. The molecule has 1 heterocycles. The summed E-state index contributed by atoms with van der Waals surface area (Å²) in [5, 5.41) is 8.41. The number of fused-ring (bicyclic) bond motifs is 5. The maximum atomic E-state index is 6.83. The molecular formula is C40H27NO. The molecule has 0 aliphatic heterocycles. The molecule has 0 unspecified atom stereocenters. The monoisotopic (exact) mass is 537 g/mol. The summed E-state index contributed by atoms with van der Waals surface area (Å²) in [5.74, 6) is 0. The number of benzene rings is 7. The minimum Gasteiger partial charge on any atom is -0.453 e. The van der Waals surface area contributed by atoms with E-state index >= 15 is 0 Å².